The third-order valence-electron chi connectivity index (χ3n) is 3.29. The molecule has 5 amide bonds. The number of aliphatic hydroxyl groups is 1. The lowest BCUT2D eigenvalue weighted by Crippen LogP contribution is -2.58. The van der Waals surface area contributed by atoms with Crippen molar-refractivity contribution in [1.29, 1.82) is 0 Å². The Labute approximate surface area is 159 Å². The summed E-state index contributed by atoms with van der Waals surface area (Å²) in [6.07, 6.45) is -1.36. The van der Waals surface area contributed by atoms with Crippen molar-refractivity contribution >= 4 is 35.5 Å². The van der Waals surface area contributed by atoms with Crippen LogP contribution in [0.2, 0.25) is 0 Å². The van der Waals surface area contributed by atoms with Gasteiger partial charge >= 0.3 is 5.97 Å². The number of hydrogen-bond acceptors (Lipinski definition) is 8. The van der Waals surface area contributed by atoms with Gasteiger partial charge in [0.05, 0.1) is 25.5 Å². The van der Waals surface area contributed by atoms with Gasteiger partial charge in [-0.25, -0.2) is 4.79 Å². The summed E-state index contributed by atoms with van der Waals surface area (Å²) in [6.45, 7) is 0.367. The third-order valence-corrected chi connectivity index (χ3v) is 3.29. The van der Waals surface area contributed by atoms with Gasteiger partial charge in [-0.05, 0) is 6.92 Å². The molecule has 0 aromatic rings. The highest BCUT2D eigenvalue weighted by atomic mass is 16.4. The maximum Gasteiger partial charge on any atom is 0.328 e. The maximum atomic E-state index is 12.4. The summed E-state index contributed by atoms with van der Waals surface area (Å²) < 4.78 is 0. The van der Waals surface area contributed by atoms with Crippen molar-refractivity contribution < 1.29 is 39.0 Å². The molecule has 0 aromatic carbocycles. The van der Waals surface area contributed by atoms with Crippen molar-refractivity contribution in [1.82, 2.24) is 16.0 Å². The highest BCUT2D eigenvalue weighted by molar-refractivity contribution is 5.97. The topological polar surface area (TPSA) is 257 Å². The van der Waals surface area contributed by atoms with E-state index in [-0.39, 0.29) is 0 Å². The van der Waals surface area contributed by atoms with E-state index in [2.05, 4.69) is 10.6 Å². The molecule has 0 spiro atoms. The van der Waals surface area contributed by atoms with Gasteiger partial charge < -0.3 is 43.4 Å². The van der Waals surface area contributed by atoms with E-state index in [1.54, 1.807) is 0 Å². The Morgan fingerprint density at radius 2 is 1.14 bits per heavy atom. The van der Waals surface area contributed by atoms with Crippen LogP contribution in [-0.4, -0.2) is 76.5 Å². The molecule has 0 aromatic heterocycles. The molecule has 4 unspecified atom stereocenters. The third kappa shape index (κ3) is 8.91. The Morgan fingerprint density at radius 1 is 0.786 bits per heavy atom. The van der Waals surface area contributed by atoms with E-state index in [1.165, 1.54) is 6.92 Å². The van der Waals surface area contributed by atoms with E-state index in [1.807, 2.05) is 5.32 Å². The van der Waals surface area contributed by atoms with Gasteiger partial charge in [-0.2, -0.15) is 0 Å². The van der Waals surface area contributed by atoms with E-state index in [0.29, 0.717) is 0 Å². The van der Waals surface area contributed by atoms with Crippen LogP contribution in [0.5, 0.6) is 0 Å². The number of aliphatic hydroxyl groups excluding tert-OH is 1. The fourth-order valence-electron chi connectivity index (χ4n) is 1.85. The number of carboxylic acids is 1. The maximum absolute atomic E-state index is 12.4. The van der Waals surface area contributed by atoms with Gasteiger partial charge in [0.25, 0.3) is 0 Å². The number of carbonyl (C=O) groups excluding carboxylic acids is 5. The van der Waals surface area contributed by atoms with Crippen molar-refractivity contribution in [3.8, 4) is 0 Å². The summed E-state index contributed by atoms with van der Waals surface area (Å²) in [6, 6.07) is -5.86. The fraction of sp³-hybridized carbons (Fsp3) is 0.571. The Morgan fingerprint density at radius 3 is 1.43 bits per heavy atom. The molecule has 0 radical (unpaired) electrons. The van der Waals surface area contributed by atoms with E-state index >= 15 is 0 Å². The lowest BCUT2D eigenvalue weighted by molar-refractivity contribution is -0.143. The van der Waals surface area contributed by atoms with E-state index in [4.69, 9.17) is 27.4 Å². The second-order valence-electron chi connectivity index (χ2n) is 5.83. The molecule has 0 bridgehead atoms. The smallest absolute Gasteiger partial charge is 0.328 e. The standard InChI is InChI=1S/C14H24N6O8/c1-5(15)11(24)18-6(2-9(16)22)12(25)19-7(3-10(17)23)13(26)20-8(4-21)14(27)28/h5-8,21H,2-4,15H2,1H3,(H2,16,22)(H2,17,23)(H,18,24)(H,19,25)(H,20,26)(H,27,28). The predicted octanol–water partition coefficient (Wildman–Crippen LogP) is -5.38. The zero-order valence-electron chi connectivity index (χ0n) is 15.0. The van der Waals surface area contributed by atoms with Crippen molar-refractivity contribution in [2.75, 3.05) is 6.61 Å². The minimum absolute atomic E-state index is 0.635. The van der Waals surface area contributed by atoms with Crippen LogP contribution in [0.15, 0.2) is 0 Å². The second kappa shape index (κ2) is 11.5. The Balaban J connectivity index is 5.39. The van der Waals surface area contributed by atoms with Gasteiger partial charge in [0.2, 0.25) is 29.5 Å². The Kier molecular flexibility index (Phi) is 10.1. The monoisotopic (exact) mass is 404 g/mol. The molecular formula is C14H24N6O8. The summed E-state index contributed by atoms with van der Waals surface area (Å²) in [7, 11) is 0. The molecule has 0 heterocycles. The lowest BCUT2D eigenvalue weighted by atomic mass is 10.1. The van der Waals surface area contributed by atoms with Crippen LogP contribution < -0.4 is 33.2 Å². The van der Waals surface area contributed by atoms with Gasteiger partial charge in [-0.3, -0.25) is 24.0 Å². The molecule has 0 fully saturated rings. The second-order valence-corrected chi connectivity index (χ2v) is 5.83. The van der Waals surface area contributed by atoms with Crippen LogP contribution in [0.3, 0.4) is 0 Å². The zero-order chi connectivity index (χ0) is 22.0. The van der Waals surface area contributed by atoms with Gasteiger partial charge in [-0.15, -0.1) is 0 Å². The first-order chi connectivity index (χ1) is 12.9. The van der Waals surface area contributed by atoms with E-state index in [0.717, 1.165) is 0 Å². The summed E-state index contributed by atoms with van der Waals surface area (Å²) in [5.41, 5.74) is 15.4. The van der Waals surface area contributed by atoms with Crippen LogP contribution in [0.1, 0.15) is 19.8 Å². The SMILES string of the molecule is CC(N)C(=O)NC(CC(N)=O)C(=O)NC(CC(N)=O)C(=O)NC(CO)C(=O)O. The van der Waals surface area contributed by atoms with Crippen LogP contribution in [-0.2, 0) is 28.8 Å². The predicted molar refractivity (Wildman–Crippen MR) is 91.8 cm³/mol. The molecule has 0 aliphatic carbocycles. The molecule has 0 saturated carbocycles. The molecule has 4 atom stereocenters. The fourth-order valence-corrected chi connectivity index (χ4v) is 1.85. The zero-order valence-corrected chi connectivity index (χ0v) is 15.0. The number of aliphatic carboxylic acids is 1. The minimum atomic E-state index is -1.70. The highest BCUT2D eigenvalue weighted by Gasteiger charge is 2.31. The van der Waals surface area contributed by atoms with E-state index in [9.17, 15) is 28.8 Å². The van der Waals surface area contributed by atoms with Crippen molar-refractivity contribution in [3.63, 3.8) is 0 Å². The summed E-state index contributed by atoms with van der Waals surface area (Å²) in [5, 5.41) is 23.9. The summed E-state index contributed by atoms with van der Waals surface area (Å²) >= 11 is 0. The molecule has 0 saturated heterocycles. The Bertz CT molecular complexity index is 637. The number of carboxylic acid groups (broad SMARTS) is 1. The van der Waals surface area contributed by atoms with Crippen molar-refractivity contribution in [3.05, 3.63) is 0 Å². The average Bonchev–Trinajstić information content (AvgIpc) is 2.56. The van der Waals surface area contributed by atoms with Gasteiger partial charge in [0, 0.05) is 0 Å². The van der Waals surface area contributed by atoms with Crippen LogP contribution in [0.4, 0.5) is 0 Å². The first-order valence-electron chi connectivity index (χ1n) is 7.96. The normalized spacial score (nSPS) is 14.7. The van der Waals surface area contributed by atoms with Crippen molar-refractivity contribution in [2.45, 2.75) is 43.9 Å². The number of carbonyl (C=O) groups is 6. The quantitative estimate of drug-likeness (QED) is 0.154. The average molecular weight is 404 g/mol. The molecule has 14 nitrogen and oxygen atoms in total. The van der Waals surface area contributed by atoms with Crippen molar-refractivity contribution in [2.24, 2.45) is 17.2 Å². The van der Waals surface area contributed by atoms with Crippen LogP contribution in [0, 0.1) is 0 Å². The van der Waals surface area contributed by atoms with Crippen LogP contribution in [0.25, 0.3) is 0 Å². The van der Waals surface area contributed by atoms with Gasteiger partial charge in [-0.1, -0.05) is 0 Å². The molecule has 11 N–H and O–H groups in total. The first kappa shape index (κ1) is 24.7. The number of nitrogens with two attached hydrogens (primary N) is 3. The number of primary amides is 2. The molecule has 0 aliphatic rings. The number of rotatable bonds is 12. The lowest BCUT2D eigenvalue weighted by Gasteiger charge is -2.23. The summed E-state index contributed by atoms with van der Waals surface area (Å²) in [4.78, 5) is 69.4. The number of hydrogen-bond donors (Lipinski definition) is 8. The first-order valence-corrected chi connectivity index (χ1v) is 7.96. The number of amides is 5. The molecule has 0 rings (SSSR count). The van der Waals surface area contributed by atoms with Crippen LogP contribution >= 0.6 is 0 Å². The van der Waals surface area contributed by atoms with Gasteiger partial charge in [0.15, 0.2) is 0 Å². The molecular weight excluding hydrogens is 380 g/mol. The largest absolute Gasteiger partial charge is 0.480 e. The highest BCUT2D eigenvalue weighted by Crippen LogP contribution is 1.99. The van der Waals surface area contributed by atoms with Gasteiger partial charge in [0.1, 0.15) is 18.1 Å². The van der Waals surface area contributed by atoms with E-state index < -0.39 is 79.1 Å². The minimum Gasteiger partial charge on any atom is -0.480 e. The number of nitrogens with one attached hydrogen (secondary N) is 3. The molecule has 0 aliphatic heterocycles. The molecule has 14 heteroatoms. The molecule has 28 heavy (non-hydrogen) atoms. The summed E-state index contributed by atoms with van der Waals surface area (Å²) in [5.74, 6) is -6.51. The molecule has 158 valence electrons. The Hall–Kier alpha value is -3.26.